The number of aryl methyl sites for hydroxylation is 1. The van der Waals surface area contributed by atoms with Gasteiger partial charge in [-0.15, -0.1) is 11.3 Å². The van der Waals surface area contributed by atoms with E-state index in [1.165, 1.54) is 23.6 Å². The molecule has 19 heavy (non-hydrogen) atoms. The van der Waals surface area contributed by atoms with Crippen molar-refractivity contribution in [1.82, 2.24) is 4.98 Å². The van der Waals surface area contributed by atoms with Gasteiger partial charge in [-0.05, 0) is 30.0 Å². The molecule has 3 aromatic rings. The number of thiophene rings is 1. The Morgan fingerprint density at radius 1 is 1.42 bits per heavy atom. The van der Waals surface area contributed by atoms with Crippen LogP contribution in [0.2, 0.25) is 5.02 Å². The van der Waals surface area contributed by atoms with Crippen molar-refractivity contribution in [1.29, 1.82) is 0 Å². The van der Waals surface area contributed by atoms with Crippen molar-refractivity contribution in [2.75, 3.05) is 0 Å². The van der Waals surface area contributed by atoms with Crippen LogP contribution in [0.5, 0.6) is 0 Å². The molecule has 0 unspecified atom stereocenters. The van der Waals surface area contributed by atoms with E-state index in [9.17, 15) is 9.18 Å². The van der Waals surface area contributed by atoms with Crippen LogP contribution in [0.3, 0.4) is 0 Å². The Morgan fingerprint density at radius 2 is 2.21 bits per heavy atom. The van der Waals surface area contributed by atoms with Gasteiger partial charge >= 0.3 is 0 Å². The second-order valence-corrected chi connectivity index (χ2v) is 5.51. The Hall–Kier alpha value is -1.65. The van der Waals surface area contributed by atoms with E-state index in [0.29, 0.717) is 26.4 Å². The molecule has 5 heteroatoms. The predicted molar refractivity (Wildman–Crippen MR) is 75.8 cm³/mol. The fourth-order valence-corrected chi connectivity index (χ4v) is 3.26. The summed E-state index contributed by atoms with van der Waals surface area (Å²) in [4.78, 5) is 15.8. The Bertz CT molecular complexity index is 790. The maximum Gasteiger partial charge on any atom is 0.206 e. The molecule has 0 saturated carbocycles. The normalized spacial score (nSPS) is 11.1. The molecule has 0 amide bonds. The van der Waals surface area contributed by atoms with Crippen molar-refractivity contribution in [2.24, 2.45) is 0 Å². The second kappa shape index (κ2) is 4.47. The van der Waals surface area contributed by atoms with Gasteiger partial charge in [0, 0.05) is 17.1 Å². The van der Waals surface area contributed by atoms with Gasteiger partial charge in [-0.3, -0.25) is 4.79 Å². The van der Waals surface area contributed by atoms with Gasteiger partial charge in [-0.2, -0.15) is 0 Å². The van der Waals surface area contributed by atoms with Crippen LogP contribution in [0.25, 0.3) is 10.9 Å². The largest absolute Gasteiger partial charge is 0.360 e. The first-order chi connectivity index (χ1) is 9.09. The second-order valence-electron chi connectivity index (χ2n) is 4.26. The van der Waals surface area contributed by atoms with Crippen LogP contribution in [-0.4, -0.2) is 10.8 Å². The molecule has 0 fully saturated rings. The van der Waals surface area contributed by atoms with Crippen LogP contribution in [0.15, 0.2) is 29.8 Å². The van der Waals surface area contributed by atoms with Crippen LogP contribution in [0.4, 0.5) is 4.39 Å². The molecular formula is C14H9ClFNOS. The van der Waals surface area contributed by atoms with E-state index in [4.69, 9.17) is 11.6 Å². The first-order valence-corrected chi connectivity index (χ1v) is 6.89. The average Bonchev–Trinajstić information content (AvgIpc) is 2.95. The van der Waals surface area contributed by atoms with E-state index < -0.39 is 5.82 Å². The van der Waals surface area contributed by atoms with Crippen molar-refractivity contribution in [3.05, 3.63) is 56.6 Å². The van der Waals surface area contributed by atoms with Crippen molar-refractivity contribution in [3.8, 4) is 0 Å². The lowest BCUT2D eigenvalue weighted by molar-refractivity contribution is 0.104. The molecule has 1 aromatic carbocycles. The molecular weight excluding hydrogens is 285 g/mol. The zero-order chi connectivity index (χ0) is 13.6. The van der Waals surface area contributed by atoms with Crippen LogP contribution < -0.4 is 0 Å². The first kappa shape index (κ1) is 12.4. The maximum atomic E-state index is 13.9. The third kappa shape index (κ3) is 1.88. The lowest BCUT2D eigenvalue weighted by atomic mass is 10.1. The summed E-state index contributed by atoms with van der Waals surface area (Å²) in [6, 6.07) is 4.68. The van der Waals surface area contributed by atoms with Gasteiger partial charge in [0.05, 0.1) is 15.5 Å². The standard InChI is InChI=1S/C14H9ClFNOS/c1-7-6-19-14(12(7)15)13(18)8-5-17-10-4-2-3-9(16)11(8)10/h2-6,17H,1H3. The number of benzene rings is 1. The minimum absolute atomic E-state index is 0.251. The smallest absolute Gasteiger partial charge is 0.206 e. The summed E-state index contributed by atoms with van der Waals surface area (Å²) in [7, 11) is 0. The molecule has 0 spiro atoms. The molecule has 0 atom stereocenters. The fraction of sp³-hybridized carbons (Fsp3) is 0.0714. The van der Waals surface area contributed by atoms with Gasteiger partial charge in [-0.1, -0.05) is 17.7 Å². The fourth-order valence-electron chi connectivity index (χ4n) is 2.02. The maximum absolute atomic E-state index is 13.9. The van der Waals surface area contributed by atoms with Crippen LogP contribution in [0.1, 0.15) is 20.8 Å². The van der Waals surface area contributed by atoms with Gasteiger partial charge in [0.2, 0.25) is 5.78 Å². The Balaban J connectivity index is 2.20. The summed E-state index contributed by atoms with van der Waals surface area (Å²) in [5.74, 6) is -0.661. The quantitative estimate of drug-likeness (QED) is 0.690. The first-order valence-electron chi connectivity index (χ1n) is 5.63. The minimum Gasteiger partial charge on any atom is -0.360 e. The number of hydrogen-bond acceptors (Lipinski definition) is 2. The number of hydrogen-bond donors (Lipinski definition) is 1. The highest BCUT2D eigenvalue weighted by molar-refractivity contribution is 7.13. The molecule has 0 radical (unpaired) electrons. The minimum atomic E-state index is -0.411. The van der Waals surface area contributed by atoms with Crippen LogP contribution in [0, 0.1) is 12.7 Å². The molecule has 0 bridgehead atoms. The summed E-state index contributed by atoms with van der Waals surface area (Å²) in [6.45, 7) is 1.84. The third-order valence-corrected chi connectivity index (χ3v) is 4.70. The number of ketones is 1. The monoisotopic (exact) mass is 293 g/mol. The molecule has 1 N–H and O–H groups in total. The summed E-state index contributed by atoms with van der Waals surface area (Å²) in [5, 5.41) is 2.58. The van der Waals surface area contributed by atoms with Gasteiger partial charge in [0.15, 0.2) is 0 Å². The SMILES string of the molecule is Cc1csc(C(=O)c2c[nH]c3cccc(F)c23)c1Cl. The number of rotatable bonds is 2. The number of carbonyl (C=O) groups excluding carboxylic acids is 1. The predicted octanol–water partition coefficient (Wildman–Crippen LogP) is 4.56. The molecule has 2 nitrogen and oxygen atoms in total. The molecule has 0 aliphatic carbocycles. The van der Waals surface area contributed by atoms with Crippen LogP contribution >= 0.6 is 22.9 Å². The average molecular weight is 294 g/mol. The highest BCUT2D eigenvalue weighted by Crippen LogP contribution is 2.31. The number of fused-ring (bicyclic) bond motifs is 1. The molecule has 0 aliphatic rings. The zero-order valence-electron chi connectivity index (χ0n) is 9.96. The van der Waals surface area contributed by atoms with E-state index in [0.717, 1.165) is 5.56 Å². The summed E-state index contributed by atoms with van der Waals surface area (Å²) < 4.78 is 13.9. The van der Waals surface area contributed by atoms with Crippen LogP contribution in [-0.2, 0) is 0 Å². The third-order valence-electron chi connectivity index (χ3n) is 3.00. The van der Waals surface area contributed by atoms with Crippen molar-refractivity contribution < 1.29 is 9.18 Å². The summed E-state index contributed by atoms with van der Waals surface area (Å²) in [6.07, 6.45) is 1.53. The Kier molecular flexibility index (Phi) is 2.92. The molecule has 96 valence electrons. The number of halogens is 2. The topological polar surface area (TPSA) is 32.9 Å². The number of carbonyl (C=O) groups is 1. The van der Waals surface area contributed by atoms with Crippen molar-refractivity contribution in [2.45, 2.75) is 6.92 Å². The Morgan fingerprint density at radius 3 is 2.89 bits per heavy atom. The Labute approximate surface area is 117 Å². The van der Waals surface area contributed by atoms with Gasteiger partial charge in [-0.25, -0.2) is 4.39 Å². The molecule has 2 heterocycles. The number of aromatic nitrogens is 1. The summed E-state index contributed by atoms with van der Waals surface area (Å²) >= 11 is 7.38. The molecule has 2 aromatic heterocycles. The zero-order valence-corrected chi connectivity index (χ0v) is 11.5. The molecule has 0 aliphatic heterocycles. The van der Waals surface area contributed by atoms with Gasteiger partial charge in [0.25, 0.3) is 0 Å². The van der Waals surface area contributed by atoms with E-state index in [1.54, 1.807) is 12.1 Å². The highest BCUT2D eigenvalue weighted by Gasteiger charge is 2.21. The van der Waals surface area contributed by atoms with Gasteiger partial charge in [0.1, 0.15) is 5.82 Å². The van der Waals surface area contributed by atoms with E-state index in [-0.39, 0.29) is 5.78 Å². The lowest BCUT2D eigenvalue weighted by Crippen LogP contribution is -1.99. The van der Waals surface area contributed by atoms with Gasteiger partial charge < -0.3 is 4.98 Å². The lowest BCUT2D eigenvalue weighted by Gasteiger charge is -1.99. The number of nitrogens with one attached hydrogen (secondary N) is 1. The number of H-pyrrole nitrogens is 1. The van der Waals surface area contributed by atoms with E-state index >= 15 is 0 Å². The highest BCUT2D eigenvalue weighted by atomic mass is 35.5. The van der Waals surface area contributed by atoms with Crippen molar-refractivity contribution in [3.63, 3.8) is 0 Å². The van der Waals surface area contributed by atoms with E-state index in [1.807, 2.05) is 12.3 Å². The summed E-state index contributed by atoms with van der Waals surface area (Å²) in [5.41, 5.74) is 1.78. The van der Waals surface area contributed by atoms with Crippen molar-refractivity contribution >= 4 is 39.6 Å². The van der Waals surface area contributed by atoms with E-state index in [2.05, 4.69) is 4.98 Å². The number of aromatic amines is 1. The molecule has 0 saturated heterocycles. The molecule has 3 rings (SSSR count).